The predicted octanol–water partition coefficient (Wildman–Crippen LogP) is 3.52. The quantitative estimate of drug-likeness (QED) is 0.914. The van der Waals surface area contributed by atoms with Gasteiger partial charge in [0.1, 0.15) is 5.82 Å². The van der Waals surface area contributed by atoms with E-state index in [0.717, 1.165) is 43.9 Å². The molecule has 1 atom stereocenters. The largest absolute Gasteiger partial charge is 0.370 e. The third kappa shape index (κ3) is 3.47. The van der Waals surface area contributed by atoms with E-state index in [1.165, 1.54) is 22.0 Å². The zero-order valence-corrected chi connectivity index (χ0v) is 13.9. The van der Waals surface area contributed by atoms with Gasteiger partial charge in [-0.05, 0) is 44.0 Å². The van der Waals surface area contributed by atoms with Crippen molar-refractivity contribution in [3.05, 3.63) is 45.7 Å². The summed E-state index contributed by atoms with van der Waals surface area (Å²) in [6.07, 6.45) is 2.13. The van der Waals surface area contributed by atoms with Gasteiger partial charge in [-0.15, -0.1) is 11.3 Å². The molecule has 1 fully saturated rings. The summed E-state index contributed by atoms with van der Waals surface area (Å²) in [6.45, 7) is 7.12. The topological polar surface area (TPSA) is 28.2 Å². The molecule has 3 nitrogen and oxygen atoms in total. The average molecular weight is 319 g/mol. The first-order chi connectivity index (χ1) is 10.7. The van der Waals surface area contributed by atoms with Crippen LogP contribution < -0.4 is 10.2 Å². The Kier molecular flexibility index (Phi) is 4.74. The van der Waals surface area contributed by atoms with Gasteiger partial charge in [-0.3, -0.25) is 0 Å². The lowest BCUT2D eigenvalue weighted by molar-refractivity contribution is 0.553. The molecule has 22 heavy (non-hydrogen) atoms. The van der Waals surface area contributed by atoms with Crippen molar-refractivity contribution in [1.82, 2.24) is 10.3 Å². The first-order valence-corrected chi connectivity index (χ1v) is 8.66. The zero-order valence-electron chi connectivity index (χ0n) is 13.1. The Bertz CT molecular complexity index is 623. The highest BCUT2D eigenvalue weighted by atomic mass is 32.1. The van der Waals surface area contributed by atoms with Crippen molar-refractivity contribution in [2.24, 2.45) is 0 Å². The summed E-state index contributed by atoms with van der Waals surface area (Å²) in [4.78, 5) is 8.24. The number of aryl methyl sites for hydroxylation is 2. The van der Waals surface area contributed by atoms with Crippen LogP contribution in [0.5, 0.6) is 0 Å². The van der Waals surface area contributed by atoms with Crippen LogP contribution in [-0.4, -0.2) is 24.1 Å². The lowest BCUT2D eigenvalue weighted by atomic mass is 10.2. The molecule has 1 aliphatic rings. The van der Waals surface area contributed by atoms with E-state index in [-0.39, 0.29) is 5.82 Å². The molecule has 2 heterocycles. The highest BCUT2D eigenvalue weighted by molar-refractivity contribution is 7.11. The molecular weight excluding hydrogens is 297 g/mol. The summed E-state index contributed by atoms with van der Waals surface area (Å²) in [5, 5.41) is 4.86. The van der Waals surface area contributed by atoms with Crippen LogP contribution >= 0.6 is 11.3 Å². The van der Waals surface area contributed by atoms with Gasteiger partial charge in [-0.25, -0.2) is 9.37 Å². The minimum atomic E-state index is -0.176. The van der Waals surface area contributed by atoms with Gasteiger partial charge >= 0.3 is 0 Å². The molecule has 1 aromatic carbocycles. The average Bonchev–Trinajstić information content (AvgIpc) is 3.12. The number of benzene rings is 1. The maximum atomic E-state index is 13.0. The molecule has 0 spiro atoms. The Labute approximate surface area is 135 Å². The molecule has 2 aromatic rings. The van der Waals surface area contributed by atoms with Crippen LogP contribution in [0.25, 0.3) is 0 Å². The number of nitrogens with one attached hydrogen (secondary N) is 1. The Balaban J connectivity index is 1.54. The molecule has 5 heteroatoms. The standard InChI is InChI=1S/C17H22FN3S/c1-3-17-20-12(2)16(22-17)10-19-14-8-9-21(11-14)15-6-4-13(18)5-7-15/h4-7,14,19H,3,8-11H2,1-2H3/t14-/m0/s1. The molecule has 1 aliphatic heterocycles. The second-order valence-corrected chi connectivity index (χ2v) is 6.93. The second-order valence-electron chi connectivity index (χ2n) is 5.76. The summed E-state index contributed by atoms with van der Waals surface area (Å²) >= 11 is 1.81. The van der Waals surface area contributed by atoms with Gasteiger partial charge in [-0.1, -0.05) is 6.92 Å². The first-order valence-electron chi connectivity index (χ1n) is 7.84. The molecule has 0 saturated carbocycles. The molecule has 118 valence electrons. The smallest absolute Gasteiger partial charge is 0.123 e. The fourth-order valence-corrected chi connectivity index (χ4v) is 3.81. The normalized spacial score (nSPS) is 18.1. The van der Waals surface area contributed by atoms with Crippen molar-refractivity contribution >= 4 is 17.0 Å². The summed E-state index contributed by atoms with van der Waals surface area (Å²) in [5.41, 5.74) is 2.26. The Morgan fingerprint density at radius 1 is 1.36 bits per heavy atom. The minimum absolute atomic E-state index is 0.176. The fourth-order valence-electron chi connectivity index (χ4n) is 2.85. The first kappa shape index (κ1) is 15.4. The summed E-state index contributed by atoms with van der Waals surface area (Å²) in [7, 11) is 0. The lowest BCUT2D eigenvalue weighted by Gasteiger charge is -2.19. The molecule has 0 amide bonds. The number of nitrogens with zero attached hydrogens (tertiary/aromatic N) is 2. The maximum Gasteiger partial charge on any atom is 0.123 e. The van der Waals surface area contributed by atoms with E-state index >= 15 is 0 Å². The molecule has 0 radical (unpaired) electrons. The van der Waals surface area contributed by atoms with Crippen LogP contribution in [0, 0.1) is 12.7 Å². The van der Waals surface area contributed by atoms with Crippen molar-refractivity contribution < 1.29 is 4.39 Å². The number of rotatable bonds is 5. The van der Waals surface area contributed by atoms with E-state index in [9.17, 15) is 4.39 Å². The van der Waals surface area contributed by atoms with E-state index in [4.69, 9.17) is 0 Å². The van der Waals surface area contributed by atoms with Crippen LogP contribution in [0.15, 0.2) is 24.3 Å². The summed E-state index contributed by atoms with van der Waals surface area (Å²) in [6, 6.07) is 7.26. The van der Waals surface area contributed by atoms with Gasteiger partial charge in [0.25, 0.3) is 0 Å². The number of anilines is 1. The van der Waals surface area contributed by atoms with E-state index < -0.39 is 0 Å². The molecule has 0 aliphatic carbocycles. The molecule has 3 rings (SSSR count). The van der Waals surface area contributed by atoms with Crippen LogP contribution in [0.2, 0.25) is 0 Å². The van der Waals surface area contributed by atoms with Crippen LogP contribution in [0.1, 0.15) is 28.9 Å². The fraction of sp³-hybridized carbons (Fsp3) is 0.471. The maximum absolute atomic E-state index is 13.0. The Morgan fingerprint density at radius 2 is 2.14 bits per heavy atom. The van der Waals surface area contributed by atoms with Crippen molar-refractivity contribution in [3.8, 4) is 0 Å². The highest BCUT2D eigenvalue weighted by Gasteiger charge is 2.22. The predicted molar refractivity (Wildman–Crippen MR) is 90.1 cm³/mol. The minimum Gasteiger partial charge on any atom is -0.370 e. The van der Waals surface area contributed by atoms with E-state index in [1.807, 2.05) is 23.5 Å². The Hall–Kier alpha value is -1.46. The third-order valence-corrected chi connectivity index (χ3v) is 5.47. The van der Waals surface area contributed by atoms with Gasteiger partial charge in [0.2, 0.25) is 0 Å². The van der Waals surface area contributed by atoms with Crippen molar-refractivity contribution in [1.29, 1.82) is 0 Å². The highest BCUT2D eigenvalue weighted by Crippen LogP contribution is 2.22. The number of hydrogen-bond acceptors (Lipinski definition) is 4. The number of halogens is 1. The molecule has 0 unspecified atom stereocenters. The van der Waals surface area contributed by atoms with Crippen molar-refractivity contribution in [3.63, 3.8) is 0 Å². The number of hydrogen-bond donors (Lipinski definition) is 1. The van der Waals surface area contributed by atoms with Crippen molar-refractivity contribution in [2.75, 3.05) is 18.0 Å². The molecule has 0 bridgehead atoms. The van der Waals surface area contributed by atoms with Gasteiger partial charge < -0.3 is 10.2 Å². The van der Waals surface area contributed by atoms with Gasteiger partial charge in [0, 0.05) is 36.2 Å². The van der Waals surface area contributed by atoms with Crippen LogP contribution in [0.4, 0.5) is 10.1 Å². The van der Waals surface area contributed by atoms with Gasteiger partial charge in [-0.2, -0.15) is 0 Å². The van der Waals surface area contributed by atoms with Crippen molar-refractivity contribution in [2.45, 2.75) is 39.3 Å². The lowest BCUT2D eigenvalue weighted by Crippen LogP contribution is -2.32. The monoisotopic (exact) mass is 319 g/mol. The molecule has 1 saturated heterocycles. The van der Waals surface area contributed by atoms with E-state index in [2.05, 4.69) is 29.0 Å². The molecule has 1 N–H and O–H groups in total. The molecule has 1 aromatic heterocycles. The van der Waals surface area contributed by atoms with Crippen LogP contribution in [-0.2, 0) is 13.0 Å². The summed E-state index contributed by atoms with van der Waals surface area (Å²) in [5.74, 6) is -0.176. The van der Waals surface area contributed by atoms with E-state index in [1.54, 1.807) is 0 Å². The number of thiazole rings is 1. The van der Waals surface area contributed by atoms with Crippen LogP contribution in [0.3, 0.4) is 0 Å². The summed E-state index contributed by atoms with van der Waals surface area (Å²) < 4.78 is 13.0. The molecular formula is C17H22FN3S. The third-order valence-electron chi connectivity index (χ3n) is 4.17. The van der Waals surface area contributed by atoms with E-state index in [0.29, 0.717) is 6.04 Å². The van der Waals surface area contributed by atoms with Gasteiger partial charge in [0.15, 0.2) is 0 Å². The van der Waals surface area contributed by atoms with Gasteiger partial charge in [0.05, 0.1) is 10.7 Å². The Morgan fingerprint density at radius 3 is 2.82 bits per heavy atom. The second kappa shape index (κ2) is 6.75. The number of aromatic nitrogens is 1. The zero-order chi connectivity index (χ0) is 15.5. The SMILES string of the molecule is CCc1nc(C)c(CN[C@H]2CCN(c3ccc(F)cc3)C2)s1.